The maximum atomic E-state index is 13.0. The average Bonchev–Trinajstić information content (AvgIpc) is 3.11. The summed E-state index contributed by atoms with van der Waals surface area (Å²) in [5.41, 5.74) is 4.34. The molecule has 4 aromatic rings. The van der Waals surface area contributed by atoms with Crippen molar-refractivity contribution in [2.45, 2.75) is 26.3 Å². The third-order valence-electron chi connectivity index (χ3n) is 6.49. The Bertz CT molecular complexity index is 1440. The zero-order chi connectivity index (χ0) is 21.9. The largest absolute Gasteiger partial charge is 0.494 e. The van der Waals surface area contributed by atoms with E-state index in [0.29, 0.717) is 5.69 Å². The quantitative estimate of drug-likeness (QED) is 0.468. The molecule has 2 aromatic carbocycles. The van der Waals surface area contributed by atoms with Gasteiger partial charge >= 0.3 is 5.69 Å². The van der Waals surface area contributed by atoms with E-state index in [4.69, 9.17) is 0 Å². The van der Waals surface area contributed by atoms with Gasteiger partial charge in [-0.2, -0.15) is 0 Å². The molecule has 3 heterocycles. The SMILES string of the molecule is Cc1cccc(-n2c(O)c([C@H]3c4[nH]c5ccccc5c4CCN3C)c(=O)[nH]c2=O)c1C. The molecule has 1 atom stereocenters. The van der Waals surface area contributed by atoms with E-state index in [2.05, 4.69) is 16.0 Å². The van der Waals surface area contributed by atoms with Gasteiger partial charge in [-0.1, -0.05) is 30.3 Å². The number of hydrogen-bond acceptors (Lipinski definition) is 4. The molecule has 0 spiro atoms. The molecule has 5 rings (SSSR count). The van der Waals surface area contributed by atoms with Gasteiger partial charge in [0.1, 0.15) is 5.56 Å². The Morgan fingerprint density at radius 2 is 1.81 bits per heavy atom. The molecule has 0 saturated carbocycles. The number of aromatic amines is 2. The average molecular weight is 416 g/mol. The number of hydrogen-bond donors (Lipinski definition) is 3. The third-order valence-corrected chi connectivity index (χ3v) is 6.49. The van der Waals surface area contributed by atoms with Crippen LogP contribution in [0.25, 0.3) is 16.6 Å². The summed E-state index contributed by atoms with van der Waals surface area (Å²) >= 11 is 0. The Hall–Kier alpha value is -3.58. The number of aromatic hydroxyl groups is 1. The number of H-pyrrole nitrogens is 2. The molecule has 158 valence electrons. The fourth-order valence-electron chi connectivity index (χ4n) is 4.71. The fraction of sp³-hybridized carbons (Fsp3) is 0.250. The number of benzene rings is 2. The van der Waals surface area contributed by atoms with Crippen molar-refractivity contribution >= 4 is 10.9 Å². The van der Waals surface area contributed by atoms with Crippen molar-refractivity contribution in [3.63, 3.8) is 0 Å². The Kier molecular flexibility index (Phi) is 4.37. The number of nitrogens with one attached hydrogen (secondary N) is 2. The summed E-state index contributed by atoms with van der Waals surface area (Å²) in [5, 5.41) is 12.4. The lowest BCUT2D eigenvalue weighted by Gasteiger charge is -2.33. The molecule has 31 heavy (non-hydrogen) atoms. The molecule has 0 radical (unpaired) electrons. The van der Waals surface area contributed by atoms with Crippen molar-refractivity contribution in [3.8, 4) is 11.6 Å². The Balaban J connectivity index is 1.80. The standard InChI is InChI=1S/C24H24N4O3/c1-13-7-6-10-18(14(13)2)28-23(30)19(22(29)26-24(28)31)21-20-16(11-12-27(21)3)15-8-4-5-9-17(15)25-20/h4-10,21,25,30H,11-12H2,1-3H3,(H,26,29,31)/t21-/m0/s1. The molecular formula is C24H24N4O3. The number of nitrogens with zero attached hydrogens (tertiary/aromatic N) is 2. The first-order chi connectivity index (χ1) is 14.9. The molecule has 7 nitrogen and oxygen atoms in total. The first kappa shape index (κ1) is 19.4. The van der Waals surface area contributed by atoms with Gasteiger partial charge in [0.25, 0.3) is 5.56 Å². The van der Waals surface area contributed by atoms with E-state index in [1.54, 1.807) is 6.07 Å². The molecule has 3 N–H and O–H groups in total. The molecule has 0 bridgehead atoms. The molecule has 2 aromatic heterocycles. The maximum Gasteiger partial charge on any atom is 0.335 e. The number of rotatable bonds is 2. The van der Waals surface area contributed by atoms with E-state index in [0.717, 1.165) is 46.3 Å². The highest BCUT2D eigenvalue weighted by Crippen LogP contribution is 2.39. The van der Waals surface area contributed by atoms with Crippen LogP contribution in [0, 0.1) is 13.8 Å². The second-order valence-electron chi connectivity index (χ2n) is 8.25. The second-order valence-corrected chi connectivity index (χ2v) is 8.25. The van der Waals surface area contributed by atoms with Crippen LogP contribution in [0.1, 0.15) is 34.0 Å². The van der Waals surface area contributed by atoms with Crippen LogP contribution in [0.5, 0.6) is 5.88 Å². The summed E-state index contributed by atoms with van der Waals surface area (Å²) in [6.45, 7) is 4.56. The van der Waals surface area contributed by atoms with Crippen LogP contribution in [0.2, 0.25) is 0 Å². The number of aryl methyl sites for hydroxylation is 1. The molecule has 1 aliphatic rings. The zero-order valence-electron chi connectivity index (χ0n) is 17.7. The van der Waals surface area contributed by atoms with E-state index in [1.165, 1.54) is 4.57 Å². The van der Waals surface area contributed by atoms with Crippen molar-refractivity contribution in [1.29, 1.82) is 0 Å². The zero-order valence-corrected chi connectivity index (χ0v) is 17.7. The molecular weight excluding hydrogens is 392 g/mol. The van der Waals surface area contributed by atoms with Gasteiger partial charge < -0.3 is 10.1 Å². The fourth-order valence-corrected chi connectivity index (χ4v) is 4.71. The molecule has 1 aliphatic heterocycles. The predicted molar refractivity (Wildman–Crippen MR) is 120 cm³/mol. The smallest absolute Gasteiger partial charge is 0.335 e. The van der Waals surface area contributed by atoms with Crippen LogP contribution in [0.15, 0.2) is 52.1 Å². The number of para-hydroxylation sites is 1. The van der Waals surface area contributed by atoms with Gasteiger partial charge in [0, 0.05) is 23.1 Å². The highest BCUT2D eigenvalue weighted by Gasteiger charge is 2.34. The summed E-state index contributed by atoms with van der Waals surface area (Å²) < 4.78 is 1.20. The van der Waals surface area contributed by atoms with Crippen LogP contribution in [-0.2, 0) is 6.42 Å². The van der Waals surface area contributed by atoms with E-state index >= 15 is 0 Å². The van der Waals surface area contributed by atoms with E-state index in [9.17, 15) is 14.7 Å². The monoisotopic (exact) mass is 416 g/mol. The van der Waals surface area contributed by atoms with Crippen molar-refractivity contribution in [2.75, 3.05) is 13.6 Å². The summed E-state index contributed by atoms with van der Waals surface area (Å²) in [6, 6.07) is 13.1. The van der Waals surface area contributed by atoms with Gasteiger partial charge in [-0.05, 0) is 56.1 Å². The van der Waals surface area contributed by atoms with E-state index < -0.39 is 17.3 Å². The second kappa shape index (κ2) is 6.99. The third kappa shape index (κ3) is 2.84. The molecule has 0 unspecified atom stereocenters. The van der Waals surface area contributed by atoms with E-state index in [1.807, 2.05) is 56.1 Å². The first-order valence-corrected chi connectivity index (χ1v) is 10.3. The topological polar surface area (TPSA) is 94.1 Å². The van der Waals surface area contributed by atoms with Crippen molar-refractivity contribution in [1.82, 2.24) is 19.4 Å². The highest BCUT2D eigenvalue weighted by molar-refractivity contribution is 5.85. The van der Waals surface area contributed by atoms with Gasteiger partial charge in [-0.15, -0.1) is 0 Å². The minimum absolute atomic E-state index is 0.163. The Labute approximate surface area is 178 Å². The van der Waals surface area contributed by atoms with Crippen molar-refractivity contribution in [2.24, 2.45) is 0 Å². The Morgan fingerprint density at radius 3 is 2.61 bits per heavy atom. The van der Waals surface area contributed by atoms with E-state index in [-0.39, 0.29) is 11.4 Å². The van der Waals surface area contributed by atoms with Crippen LogP contribution >= 0.6 is 0 Å². The molecule has 0 fully saturated rings. The van der Waals surface area contributed by atoms with Crippen LogP contribution in [0.4, 0.5) is 0 Å². The molecule has 0 aliphatic carbocycles. The van der Waals surface area contributed by atoms with Crippen molar-refractivity contribution < 1.29 is 5.11 Å². The normalized spacial score (nSPS) is 16.5. The van der Waals surface area contributed by atoms with Gasteiger partial charge in [-0.25, -0.2) is 9.36 Å². The minimum atomic E-state index is -0.657. The minimum Gasteiger partial charge on any atom is -0.494 e. The van der Waals surface area contributed by atoms with Gasteiger partial charge in [-0.3, -0.25) is 14.7 Å². The maximum absolute atomic E-state index is 13.0. The van der Waals surface area contributed by atoms with Crippen LogP contribution in [0.3, 0.4) is 0 Å². The lowest BCUT2D eigenvalue weighted by molar-refractivity contribution is 0.251. The lowest BCUT2D eigenvalue weighted by atomic mass is 9.93. The summed E-state index contributed by atoms with van der Waals surface area (Å²) in [4.78, 5) is 33.7. The molecule has 7 heteroatoms. The van der Waals surface area contributed by atoms with Gasteiger partial charge in [0.15, 0.2) is 0 Å². The summed E-state index contributed by atoms with van der Waals surface area (Å²) in [6.07, 6.45) is 0.835. The van der Waals surface area contributed by atoms with Crippen LogP contribution in [-0.4, -0.2) is 38.1 Å². The predicted octanol–water partition coefficient (Wildman–Crippen LogP) is 2.91. The molecule has 0 amide bonds. The van der Waals surface area contributed by atoms with Crippen LogP contribution < -0.4 is 11.2 Å². The highest BCUT2D eigenvalue weighted by atomic mass is 16.3. The lowest BCUT2D eigenvalue weighted by Crippen LogP contribution is -2.39. The first-order valence-electron chi connectivity index (χ1n) is 10.3. The number of aromatic nitrogens is 3. The molecule has 0 saturated heterocycles. The number of likely N-dealkylation sites (N-methyl/N-ethyl adjacent to an activating group) is 1. The van der Waals surface area contributed by atoms with Gasteiger partial charge in [0.2, 0.25) is 5.88 Å². The van der Waals surface area contributed by atoms with Gasteiger partial charge in [0.05, 0.1) is 11.7 Å². The summed E-state index contributed by atoms with van der Waals surface area (Å²) in [7, 11) is 1.92. The number of fused-ring (bicyclic) bond motifs is 3. The Morgan fingerprint density at radius 1 is 1.03 bits per heavy atom. The summed E-state index contributed by atoms with van der Waals surface area (Å²) in [5.74, 6) is -0.328. The van der Waals surface area contributed by atoms with Crippen molar-refractivity contribution in [3.05, 3.63) is 91.3 Å².